The fourth-order valence-electron chi connectivity index (χ4n) is 2.03. The number of amides is 1. The van der Waals surface area contributed by atoms with Gasteiger partial charge in [-0.2, -0.15) is 0 Å². The second kappa shape index (κ2) is 11.3. The molecule has 0 aliphatic heterocycles. The quantitative estimate of drug-likeness (QED) is 0.685. The Kier molecular flexibility index (Phi) is 10.7. The molecule has 1 rings (SSSR count). The molecule has 5 heteroatoms. The summed E-state index contributed by atoms with van der Waals surface area (Å²) in [5, 5.41) is 5.72. The highest BCUT2D eigenvalue weighted by Gasteiger charge is 2.06. The summed E-state index contributed by atoms with van der Waals surface area (Å²) in [6.45, 7) is 8.03. The Bertz CT molecular complexity index is 450. The van der Waals surface area contributed by atoms with Crippen LogP contribution in [0.15, 0.2) is 18.2 Å². The van der Waals surface area contributed by atoms with Crippen molar-refractivity contribution >= 4 is 18.3 Å². The van der Waals surface area contributed by atoms with E-state index in [2.05, 4.69) is 24.5 Å². The molecular formula is C17H29ClN2O2. The minimum absolute atomic E-state index is 0. The van der Waals surface area contributed by atoms with E-state index in [4.69, 9.17) is 4.74 Å². The van der Waals surface area contributed by atoms with Crippen LogP contribution in [0.2, 0.25) is 0 Å². The predicted molar refractivity (Wildman–Crippen MR) is 93.8 cm³/mol. The number of aryl methyl sites for hydroxylation is 1. The molecule has 1 aromatic carbocycles. The first kappa shape index (κ1) is 20.7. The third kappa shape index (κ3) is 8.25. The van der Waals surface area contributed by atoms with Crippen molar-refractivity contribution in [3.8, 4) is 5.75 Å². The van der Waals surface area contributed by atoms with Gasteiger partial charge in [0.2, 0.25) is 5.91 Å². The van der Waals surface area contributed by atoms with E-state index in [1.165, 1.54) is 12.0 Å². The van der Waals surface area contributed by atoms with Crippen molar-refractivity contribution in [1.29, 1.82) is 0 Å². The van der Waals surface area contributed by atoms with Crippen molar-refractivity contribution in [2.45, 2.75) is 40.2 Å². The number of carbonyl (C=O) groups is 1. The molecule has 0 aliphatic rings. The van der Waals surface area contributed by atoms with Gasteiger partial charge >= 0.3 is 0 Å². The third-order valence-corrected chi connectivity index (χ3v) is 3.22. The Morgan fingerprint density at radius 1 is 1.32 bits per heavy atom. The van der Waals surface area contributed by atoms with Crippen LogP contribution >= 0.6 is 12.4 Å². The van der Waals surface area contributed by atoms with Crippen LogP contribution in [0, 0.1) is 12.8 Å². The van der Waals surface area contributed by atoms with Crippen LogP contribution in [0.25, 0.3) is 0 Å². The van der Waals surface area contributed by atoms with Crippen molar-refractivity contribution in [3.05, 3.63) is 29.3 Å². The summed E-state index contributed by atoms with van der Waals surface area (Å²) in [6.07, 6.45) is 2.22. The molecule has 0 fully saturated rings. The van der Waals surface area contributed by atoms with E-state index in [1.807, 2.05) is 25.1 Å². The highest BCUT2D eigenvalue weighted by molar-refractivity contribution is 5.85. The molecule has 2 N–H and O–H groups in total. The van der Waals surface area contributed by atoms with Gasteiger partial charge in [-0.15, -0.1) is 12.4 Å². The number of likely N-dealkylation sites (N-methyl/N-ethyl adjacent to an activating group) is 1. The van der Waals surface area contributed by atoms with E-state index >= 15 is 0 Å². The lowest BCUT2D eigenvalue weighted by atomic mass is 10.1. The van der Waals surface area contributed by atoms with E-state index in [0.29, 0.717) is 19.0 Å². The second-order valence-corrected chi connectivity index (χ2v) is 5.80. The van der Waals surface area contributed by atoms with Gasteiger partial charge in [-0.25, -0.2) is 0 Å². The molecular weight excluding hydrogens is 300 g/mol. The zero-order valence-electron chi connectivity index (χ0n) is 14.1. The van der Waals surface area contributed by atoms with Crippen molar-refractivity contribution in [1.82, 2.24) is 10.6 Å². The maximum atomic E-state index is 11.5. The smallest absolute Gasteiger partial charge is 0.234 e. The fraction of sp³-hybridized carbons (Fsp3) is 0.588. The van der Waals surface area contributed by atoms with Crippen LogP contribution in [-0.4, -0.2) is 26.1 Å². The summed E-state index contributed by atoms with van der Waals surface area (Å²) in [6, 6.07) is 6.10. The average molecular weight is 329 g/mol. The number of hydrogen-bond donors (Lipinski definition) is 2. The molecule has 0 saturated heterocycles. The van der Waals surface area contributed by atoms with Crippen LogP contribution in [0.5, 0.6) is 5.75 Å². The van der Waals surface area contributed by atoms with Gasteiger partial charge < -0.3 is 15.4 Å². The van der Waals surface area contributed by atoms with Gasteiger partial charge in [-0.3, -0.25) is 4.79 Å². The molecule has 0 saturated carbocycles. The fourth-order valence-corrected chi connectivity index (χ4v) is 2.03. The topological polar surface area (TPSA) is 50.4 Å². The van der Waals surface area contributed by atoms with E-state index < -0.39 is 0 Å². The standard InChI is InChI=1S/C17H28N2O2.ClH/c1-13(2)6-5-9-21-16-10-14(3)7-8-15(16)11-19-17(20)12-18-4;/h7-8,10,13,18H,5-6,9,11-12H2,1-4H3,(H,19,20);1H. The Morgan fingerprint density at radius 3 is 2.68 bits per heavy atom. The average Bonchev–Trinajstić information content (AvgIpc) is 2.42. The Labute approximate surface area is 140 Å². The molecule has 0 radical (unpaired) electrons. The van der Waals surface area contributed by atoms with Crippen molar-refractivity contribution < 1.29 is 9.53 Å². The first-order valence-electron chi connectivity index (χ1n) is 7.66. The minimum Gasteiger partial charge on any atom is -0.493 e. The molecule has 0 unspecified atom stereocenters. The van der Waals surface area contributed by atoms with Crippen molar-refractivity contribution in [2.75, 3.05) is 20.2 Å². The third-order valence-electron chi connectivity index (χ3n) is 3.22. The number of rotatable bonds is 9. The molecule has 1 amide bonds. The van der Waals surface area contributed by atoms with Gasteiger partial charge in [0, 0.05) is 12.1 Å². The largest absolute Gasteiger partial charge is 0.493 e. The summed E-state index contributed by atoms with van der Waals surface area (Å²) in [5.41, 5.74) is 2.19. The number of hydrogen-bond acceptors (Lipinski definition) is 3. The van der Waals surface area contributed by atoms with Gasteiger partial charge in [0.25, 0.3) is 0 Å². The first-order valence-corrected chi connectivity index (χ1v) is 7.66. The molecule has 126 valence electrons. The van der Waals surface area contributed by atoms with Crippen molar-refractivity contribution in [2.24, 2.45) is 5.92 Å². The summed E-state index contributed by atoms with van der Waals surface area (Å²) in [7, 11) is 1.76. The Balaban J connectivity index is 0.00000441. The van der Waals surface area contributed by atoms with E-state index in [9.17, 15) is 4.79 Å². The molecule has 0 heterocycles. The highest BCUT2D eigenvalue weighted by atomic mass is 35.5. The normalized spacial score (nSPS) is 10.2. The number of halogens is 1. The Morgan fingerprint density at radius 2 is 2.05 bits per heavy atom. The number of ether oxygens (including phenoxy) is 1. The van der Waals surface area contributed by atoms with Gasteiger partial charge in [-0.1, -0.05) is 26.0 Å². The van der Waals surface area contributed by atoms with Gasteiger partial charge in [0.1, 0.15) is 5.75 Å². The molecule has 0 spiro atoms. The molecule has 1 aromatic rings. The molecule has 22 heavy (non-hydrogen) atoms. The first-order chi connectivity index (χ1) is 10.0. The lowest BCUT2D eigenvalue weighted by Gasteiger charge is -2.14. The van der Waals surface area contributed by atoms with E-state index in [-0.39, 0.29) is 18.3 Å². The van der Waals surface area contributed by atoms with E-state index in [1.54, 1.807) is 7.05 Å². The second-order valence-electron chi connectivity index (χ2n) is 5.80. The molecule has 0 bridgehead atoms. The maximum Gasteiger partial charge on any atom is 0.234 e. The molecule has 4 nitrogen and oxygen atoms in total. The summed E-state index contributed by atoms with van der Waals surface area (Å²) >= 11 is 0. The van der Waals surface area contributed by atoms with Crippen LogP contribution in [0.1, 0.15) is 37.8 Å². The lowest BCUT2D eigenvalue weighted by Crippen LogP contribution is -2.31. The predicted octanol–water partition coefficient (Wildman–Crippen LogP) is 3.07. The number of benzene rings is 1. The van der Waals surface area contributed by atoms with Crippen LogP contribution in [0.4, 0.5) is 0 Å². The summed E-state index contributed by atoms with van der Waals surface area (Å²) in [4.78, 5) is 11.5. The van der Waals surface area contributed by atoms with Crippen LogP contribution in [0.3, 0.4) is 0 Å². The summed E-state index contributed by atoms with van der Waals surface area (Å²) in [5.74, 6) is 1.57. The molecule has 0 atom stereocenters. The van der Waals surface area contributed by atoms with Crippen molar-refractivity contribution in [3.63, 3.8) is 0 Å². The number of nitrogens with one attached hydrogen (secondary N) is 2. The summed E-state index contributed by atoms with van der Waals surface area (Å²) < 4.78 is 5.89. The highest BCUT2D eigenvalue weighted by Crippen LogP contribution is 2.21. The zero-order valence-corrected chi connectivity index (χ0v) is 14.9. The molecule has 0 aromatic heterocycles. The van der Waals surface area contributed by atoms with Gasteiger partial charge in [0.15, 0.2) is 0 Å². The van der Waals surface area contributed by atoms with Gasteiger partial charge in [-0.05, 0) is 44.4 Å². The zero-order chi connectivity index (χ0) is 15.7. The lowest BCUT2D eigenvalue weighted by molar-refractivity contribution is -0.120. The molecule has 0 aliphatic carbocycles. The Hall–Kier alpha value is -1.26. The van der Waals surface area contributed by atoms with Gasteiger partial charge in [0.05, 0.1) is 13.2 Å². The van der Waals surface area contributed by atoms with Crippen LogP contribution < -0.4 is 15.4 Å². The SMILES string of the molecule is CNCC(=O)NCc1ccc(C)cc1OCCCC(C)C.Cl. The minimum atomic E-state index is -0.0103. The van der Waals surface area contributed by atoms with E-state index in [0.717, 1.165) is 24.3 Å². The number of carbonyl (C=O) groups excluding carboxylic acids is 1. The monoisotopic (exact) mass is 328 g/mol. The van der Waals surface area contributed by atoms with Crippen LogP contribution in [-0.2, 0) is 11.3 Å². The maximum absolute atomic E-state index is 11.5.